The van der Waals surface area contributed by atoms with E-state index in [9.17, 15) is 0 Å². The van der Waals surface area contributed by atoms with Crippen molar-refractivity contribution in [3.05, 3.63) is 49.1 Å². The maximum Gasteiger partial charge on any atom is 0.169 e. The van der Waals surface area contributed by atoms with Crippen molar-refractivity contribution < 1.29 is 19.3 Å². The average Bonchev–Trinajstić information content (AvgIpc) is 2.95. The van der Waals surface area contributed by atoms with Crippen molar-refractivity contribution >= 4 is 6.15 Å². The molecule has 0 amide bonds. The summed E-state index contributed by atoms with van der Waals surface area (Å²) in [4.78, 5) is 0. The average molecular weight is 570 g/mol. The Morgan fingerprint density at radius 3 is 0.878 bits per heavy atom. The monoisotopic (exact) mass is 570 g/mol. The van der Waals surface area contributed by atoms with Crippen LogP contribution in [0.3, 0.4) is 0 Å². The first-order chi connectivity index (χ1) is 19.8. The number of aliphatic hydroxyl groups is 2. The predicted octanol–water partition coefficient (Wildman–Crippen LogP) is 8.89. The van der Waals surface area contributed by atoms with Crippen LogP contribution in [0.1, 0.15) is 116 Å². The smallest absolute Gasteiger partial charge is 0.169 e. The molecule has 0 aliphatic carbocycles. The molecule has 41 heavy (non-hydrogen) atoms. The molecule has 0 radical (unpaired) electrons. The van der Waals surface area contributed by atoms with Crippen molar-refractivity contribution in [2.45, 2.75) is 156 Å². The summed E-state index contributed by atoms with van der Waals surface area (Å²) in [6, 6.07) is 8.98. The van der Waals surface area contributed by atoms with Gasteiger partial charge in [0, 0.05) is 50.3 Å². The zero-order valence-electron chi connectivity index (χ0n) is 27.5. The zero-order chi connectivity index (χ0) is 30.0. The van der Waals surface area contributed by atoms with Crippen molar-refractivity contribution in [3.63, 3.8) is 0 Å². The third kappa shape index (κ3) is 23.5. The molecule has 2 heterocycles. The fourth-order valence-electron chi connectivity index (χ4n) is 4.88. The number of pyridine rings is 2. The number of nitrogens with zero attached hydrogens (tertiary/aromatic N) is 2. The van der Waals surface area contributed by atoms with E-state index in [-0.39, 0.29) is 6.15 Å². The van der Waals surface area contributed by atoms with E-state index in [1.807, 2.05) is 0 Å². The van der Waals surface area contributed by atoms with Gasteiger partial charge in [0.2, 0.25) is 0 Å². The van der Waals surface area contributed by atoms with Gasteiger partial charge in [-0.1, -0.05) is 77.0 Å². The number of unbranched alkanes of at least 4 members (excludes halogenated alkanes) is 16. The molecule has 5 heteroatoms. The highest BCUT2D eigenvalue weighted by molar-refractivity contribution is 6.74. The van der Waals surface area contributed by atoms with Gasteiger partial charge in [-0.3, -0.25) is 0 Å². The molecule has 0 aliphatic rings. The Labute approximate surface area is 254 Å². The van der Waals surface area contributed by atoms with E-state index in [0.717, 1.165) is 25.9 Å². The molecule has 0 spiro atoms. The second kappa shape index (κ2) is 24.8. The number of rotatable bonds is 23. The lowest BCUT2D eigenvalue weighted by Crippen LogP contribution is -2.33. The number of aryl methyl sites for hydroxylation is 2. The van der Waals surface area contributed by atoms with Gasteiger partial charge in [-0.25, -0.2) is 9.13 Å². The lowest BCUT2D eigenvalue weighted by molar-refractivity contribution is -0.697. The van der Waals surface area contributed by atoms with Gasteiger partial charge < -0.3 is 10.2 Å². The van der Waals surface area contributed by atoms with Gasteiger partial charge in [-0.15, -0.1) is 0 Å². The predicted molar refractivity (Wildman–Crippen MR) is 179 cm³/mol. The van der Waals surface area contributed by atoms with Gasteiger partial charge >= 0.3 is 0 Å². The maximum absolute atomic E-state index is 8.81. The quantitative estimate of drug-likeness (QED) is 0.0798. The summed E-state index contributed by atoms with van der Waals surface area (Å²) >= 11 is 0. The summed E-state index contributed by atoms with van der Waals surface area (Å²) in [5.41, 5.74) is 2.58. The molecular weight excluding hydrogens is 503 g/mol. The third-order valence-electron chi connectivity index (χ3n) is 7.26. The van der Waals surface area contributed by atoms with E-state index < -0.39 is 0 Å². The van der Waals surface area contributed by atoms with Gasteiger partial charge in [0.1, 0.15) is 13.1 Å². The Morgan fingerprint density at radius 1 is 0.415 bits per heavy atom. The largest absolute Gasteiger partial charge is 0.396 e. The molecule has 2 rings (SSSR count). The van der Waals surface area contributed by atoms with Crippen LogP contribution < -0.4 is 9.13 Å². The van der Waals surface area contributed by atoms with Gasteiger partial charge in [0.05, 0.1) is 0 Å². The Bertz CT molecular complexity index is 763. The first-order valence-electron chi connectivity index (χ1n) is 17.3. The first kappa shape index (κ1) is 37.3. The molecule has 0 saturated heterocycles. The zero-order valence-corrected chi connectivity index (χ0v) is 27.5. The van der Waals surface area contributed by atoms with Gasteiger partial charge in [-0.05, 0) is 43.0 Å². The molecule has 0 atom stereocenters. The van der Waals surface area contributed by atoms with Crippen molar-refractivity contribution in [3.8, 4) is 11.1 Å². The molecular formula is C36H66BN2O2+. The van der Waals surface area contributed by atoms with Crippen molar-refractivity contribution in [2.24, 2.45) is 0 Å². The number of aromatic nitrogens is 2. The molecule has 0 saturated carbocycles. The molecule has 0 unspecified atom stereocenters. The van der Waals surface area contributed by atoms with Crippen LogP contribution in [0.5, 0.6) is 0 Å². The van der Waals surface area contributed by atoms with Crippen molar-refractivity contribution in [1.29, 1.82) is 0 Å². The SMILES string of the molecule is C[B-](C)(C)C.OCCCCCCCCCCC[n+]1ccc(-c2cc[n+](CCCCCCCCCCCO)cc2)cc1. The molecule has 2 N–H and O–H groups in total. The number of hydrogen-bond donors (Lipinski definition) is 2. The Hall–Kier alpha value is -1.72. The molecule has 0 fully saturated rings. The van der Waals surface area contributed by atoms with Crippen LogP contribution in [-0.2, 0) is 13.1 Å². The van der Waals surface area contributed by atoms with Crippen LogP contribution in [0.2, 0.25) is 27.3 Å². The standard InChI is InChI=1S/C32H54N2O2.C4H12B/c35-29-17-13-9-5-1-3-7-11-15-23-33-25-19-31(20-26-33)32-21-27-34(28-22-32)24-16-12-8-4-2-6-10-14-18-30-36;1-5(2,3)4/h19-22,25-28,35-36H,1-18,23-24,29-30H2;1-4H3/q+2;-1. The topological polar surface area (TPSA) is 48.2 Å². The van der Waals surface area contributed by atoms with E-state index in [0.29, 0.717) is 13.2 Å². The molecule has 234 valence electrons. The fourth-order valence-corrected chi connectivity index (χ4v) is 4.88. The van der Waals surface area contributed by atoms with Crippen LogP contribution >= 0.6 is 0 Å². The molecule has 0 aliphatic heterocycles. The minimum absolute atomic E-state index is 0. The first-order valence-corrected chi connectivity index (χ1v) is 17.3. The molecule has 2 aromatic rings. The number of aliphatic hydroxyl groups excluding tert-OH is 2. The normalized spacial score (nSPS) is 11.4. The van der Waals surface area contributed by atoms with E-state index in [4.69, 9.17) is 10.2 Å². The summed E-state index contributed by atoms with van der Waals surface area (Å²) in [6.07, 6.45) is 31.6. The van der Waals surface area contributed by atoms with E-state index in [1.54, 1.807) is 0 Å². The van der Waals surface area contributed by atoms with Crippen LogP contribution in [0.15, 0.2) is 49.1 Å². The molecule has 2 aromatic heterocycles. The van der Waals surface area contributed by atoms with Crippen LogP contribution in [0.4, 0.5) is 0 Å². The van der Waals surface area contributed by atoms with E-state index >= 15 is 0 Å². The lowest BCUT2D eigenvalue weighted by Gasteiger charge is -2.10. The highest BCUT2D eigenvalue weighted by Gasteiger charge is 2.06. The van der Waals surface area contributed by atoms with Crippen molar-refractivity contribution in [1.82, 2.24) is 0 Å². The lowest BCUT2D eigenvalue weighted by atomic mass is 9.32. The molecule has 0 bridgehead atoms. The Kier molecular flexibility index (Phi) is 22.6. The molecule has 4 nitrogen and oxygen atoms in total. The van der Waals surface area contributed by atoms with E-state index in [1.165, 1.54) is 114 Å². The highest BCUT2D eigenvalue weighted by atomic mass is 16.3. The minimum atomic E-state index is 0. The minimum Gasteiger partial charge on any atom is -0.396 e. The summed E-state index contributed by atoms with van der Waals surface area (Å²) < 4.78 is 4.63. The van der Waals surface area contributed by atoms with Gasteiger partial charge in [0.15, 0.2) is 24.8 Å². The summed E-state index contributed by atoms with van der Waals surface area (Å²) in [6.45, 7) is 11.9. The Balaban J connectivity index is 0.00000154. The number of hydrogen-bond acceptors (Lipinski definition) is 2. The third-order valence-corrected chi connectivity index (χ3v) is 7.26. The highest BCUT2D eigenvalue weighted by Crippen LogP contribution is 2.16. The van der Waals surface area contributed by atoms with Crippen LogP contribution in [-0.4, -0.2) is 29.6 Å². The Morgan fingerprint density at radius 2 is 0.634 bits per heavy atom. The maximum atomic E-state index is 8.81. The molecule has 0 aromatic carbocycles. The summed E-state index contributed by atoms with van der Waals surface area (Å²) in [5.74, 6) is 0. The summed E-state index contributed by atoms with van der Waals surface area (Å²) in [7, 11) is 0. The second-order valence-corrected chi connectivity index (χ2v) is 13.9. The fraction of sp³-hybridized carbons (Fsp3) is 0.722. The second-order valence-electron chi connectivity index (χ2n) is 13.9. The van der Waals surface area contributed by atoms with Crippen molar-refractivity contribution in [2.75, 3.05) is 13.2 Å². The van der Waals surface area contributed by atoms with Gasteiger partial charge in [0.25, 0.3) is 0 Å². The summed E-state index contributed by atoms with van der Waals surface area (Å²) in [5, 5.41) is 17.6. The van der Waals surface area contributed by atoms with E-state index in [2.05, 4.69) is 85.5 Å². The van der Waals surface area contributed by atoms with Crippen LogP contribution in [0.25, 0.3) is 11.1 Å². The van der Waals surface area contributed by atoms with Crippen LogP contribution in [0, 0.1) is 0 Å². The van der Waals surface area contributed by atoms with Gasteiger partial charge in [-0.2, -0.15) is 27.3 Å².